The third kappa shape index (κ3) is 3.09. The highest BCUT2D eigenvalue weighted by molar-refractivity contribution is 9.10. The summed E-state index contributed by atoms with van der Waals surface area (Å²) < 4.78 is 6.77. The van der Waals surface area contributed by atoms with Crippen LogP contribution in [0.4, 0.5) is 0 Å². The van der Waals surface area contributed by atoms with Gasteiger partial charge < -0.3 is 10.5 Å². The Labute approximate surface area is 115 Å². The van der Waals surface area contributed by atoms with Crippen molar-refractivity contribution in [1.82, 2.24) is 4.98 Å². The van der Waals surface area contributed by atoms with Crippen LogP contribution in [0.5, 0.6) is 5.88 Å². The number of ether oxygens (including phenoxy) is 1. The predicted molar refractivity (Wildman–Crippen MR) is 75.3 cm³/mol. The average Bonchev–Trinajstić information content (AvgIpc) is 2.41. The fourth-order valence-corrected chi connectivity index (χ4v) is 2.06. The van der Waals surface area contributed by atoms with Gasteiger partial charge in [-0.15, -0.1) is 0 Å². The molecule has 0 aliphatic carbocycles. The molecule has 0 spiro atoms. The van der Waals surface area contributed by atoms with E-state index in [0.29, 0.717) is 12.4 Å². The molecule has 1 heterocycles. The van der Waals surface area contributed by atoms with E-state index in [9.17, 15) is 0 Å². The van der Waals surface area contributed by atoms with Crippen LogP contribution in [0, 0.1) is 0 Å². The molecule has 1 aromatic carbocycles. The van der Waals surface area contributed by atoms with Crippen molar-refractivity contribution >= 4 is 15.9 Å². The first kappa shape index (κ1) is 13.1. The van der Waals surface area contributed by atoms with E-state index in [1.165, 1.54) is 0 Å². The highest BCUT2D eigenvalue weighted by atomic mass is 79.9. The van der Waals surface area contributed by atoms with Gasteiger partial charge in [0.05, 0.1) is 0 Å². The number of halogens is 1. The quantitative estimate of drug-likeness (QED) is 0.941. The van der Waals surface area contributed by atoms with Crippen molar-refractivity contribution in [3.8, 4) is 5.88 Å². The van der Waals surface area contributed by atoms with Gasteiger partial charge in [0.2, 0.25) is 5.88 Å². The Morgan fingerprint density at radius 3 is 2.72 bits per heavy atom. The molecule has 0 saturated heterocycles. The maximum Gasteiger partial charge on any atom is 0.218 e. The monoisotopic (exact) mass is 306 g/mol. The topological polar surface area (TPSA) is 48.1 Å². The summed E-state index contributed by atoms with van der Waals surface area (Å²) in [5, 5.41) is 0. The molecule has 0 aliphatic rings. The first-order valence-corrected chi connectivity index (χ1v) is 6.56. The molecular weight excluding hydrogens is 292 g/mol. The van der Waals surface area contributed by atoms with Crippen LogP contribution in [0.3, 0.4) is 0 Å². The lowest BCUT2D eigenvalue weighted by atomic mass is 10.1. The molecule has 4 heteroatoms. The molecular formula is C14H15BrN2O. The zero-order valence-electron chi connectivity index (χ0n) is 10.1. The van der Waals surface area contributed by atoms with Gasteiger partial charge in [-0.1, -0.05) is 30.3 Å². The second kappa shape index (κ2) is 5.98. The average molecular weight is 307 g/mol. The van der Waals surface area contributed by atoms with E-state index in [2.05, 4.69) is 20.9 Å². The minimum atomic E-state index is -0.0508. The molecule has 18 heavy (non-hydrogen) atoms. The molecule has 0 amide bonds. The minimum Gasteiger partial charge on any atom is -0.470 e. The van der Waals surface area contributed by atoms with E-state index in [1.807, 2.05) is 43.3 Å². The van der Waals surface area contributed by atoms with Crippen LogP contribution in [0.15, 0.2) is 47.1 Å². The lowest BCUT2D eigenvalue weighted by Gasteiger charge is -2.16. The van der Waals surface area contributed by atoms with Crippen LogP contribution < -0.4 is 10.5 Å². The summed E-state index contributed by atoms with van der Waals surface area (Å²) in [6.45, 7) is 2.41. The van der Waals surface area contributed by atoms with Crippen LogP contribution in [0.1, 0.15) is 24.2 Å². The summed E-state index contributed by atoms with van der Waals surface area (Å²) in [5.74, 6) is 0.594. The number of aromatic nitrogens is 1. The summed E-state index contributed by atoms with van der Waals surface area (Å²) in [6, 6.07) is 12.0. The van der Waals surface area contributed by atoms with Crippen LogP contribution >= 0.6 is 15.9 Å². The Hall–Kier alpha value is -1.39. The Bertz CT molecular complexity index is 516. The lowest BCUT2D eigenvalue weighted by molar-refractivity contribution is 0.215. The van der Waals surface area contributed by atoms with Gasteiger partial charge in [0.25, 0.3) is 0 Å². The summed E-state index contributed by atoms with van der Waals surface area (Å²) in [7, 11) is 0. The second-order valence-corrected chi connectivity index (χ2v) is 4.91. The van der Waals surface area contributed by atoms with Crippen LogP contribution in [0.2, 0.25) is 0 Å². The summed E-state index contributed by atoms with van der Waals surface area (Å²) in [4.78, 5) is 4.27. The second-order valence-electron chi connectivity index (χ2n) is 3.99. The highest BCUT2D eigenvalue weighted by Gasteiger charge is 2.11. The van der Waals surface area contributed by atoms with Crippen molar-refractivity contribution in [2.75, 3.05) is 0 Å². The summed E-state index contributed by atoms with van der Waals surface area (Å²) >= 11 is 3.37. The molecule has 1 unspecified atom stereocenters. The molecule has 94 valence electrons. The number of nitrogens with zero attached hydrogens (tertiary/aromatic N) is 1. The van der Waals surface area contributed by atoms with E-state index < -0.39 is 0 Å². The number of benzene rings is 1. The van der Waals surface area contributed by atoms with Crippen molar-refractivity contribution < 1.29 is 4.74 Å². The van der Waals surface area contributed by atoms with Gasteiger partial charge in [0.1, 0.15) is 6.10 Å². The van der Waals surface area contributed by atoms with Crippen molar-refractivity contribution in [2.24, 2.45) is 5.73 Å². The molecule has 2 aromatic rings. The smallest absolute Gasteiger partial charge is 0.218 e. The third-order valence-electron chi connectivity index (χ3n) is 2.67. The first-order valence-electron chi connectivity index (χ1n) is 5.77. The zero-order chi connectivity index (χ0) is 13.0. The number of hydrogen-bond donors (Lipinski definition) is 1. The van der Waals surface area contributed by atoms with Gasteiger partial charge in [0, 0.05) is 22.8 Å². The number of hydrogen-bond acceptors (Lipinski definition) is 3. The van der Waals surface area contributed by atoms with E-state index in [0.717, 1.165) is 15.6 Å². The molecule has 0 fully saturated rings. The Morgan fingerprint density at radius 2 is 2.06 bits per heavy atom. The first-order chi connectivity index (χ1) is 8.70. The van der Waals surface area contributed by atoms with Gasteiger partial charge in [-0.2, -0.15) is 0 Å². The Balaban J connectivity index is 2.19. The molecule has 0 saturated carbocycles. The molecule has 0 bridgehead atoms. The number of rotatable bonds is 4. The molecule has 3 nitrogen and oxygen atoms in total. The Morgan fingerprint density at radius 1 is 1.33 bits per heavy atom. The van der Waals surface area contributed by atoms with Gasteiger partial charge in [-0.05, 0) is 34.5 Å². The molecule has 0 radical (unpaired) electrons. The maximum absolute atomic E-state index is 5.87. The normalized spacial score (nSPS) is 12.2. The standard InChI is InChI=1S/C14H15BrN2O/c1-10(11-5-3-2-4-6-11)18-14-12(8-16)7-13(15)9-17-14/h2-7,9-10H,8,16H2,1H3. The van der Waals surface area contributed by atoms with Crippen molar-refractivity contribution in [2.45, 2.75) is 19.6 Å². The molecule has 1 aromatic heterocycles. The van der Waals surface area contributed by atoms with Crippen LogP contribution in [-0.2, 0) is 6.54 Å². The largest absolute Gasteiger partial charge is 0.470 e. The van der Waals surface area contributed by atoms with Crippen LogP contribution in [0.25, 0.3) is 0 Å². The summed E-state index contributed by atoms with van der Waals surface area (Å²) in [6.07, 6.45) is 1.66. The fraction of sp³-hybridized carbons (Fsp3) is 0.214. The SMILES string of the molecule is CC(Oc1ncc(Br)cc1CN)c1ccccc1. The predicted octanol–water partition coefficient (Wildman–Crippen LogP) is 3.44. The number of nitrogens with two attached hydrogens (primary N) is 1. The summed E-state index contributed by atoms with van der Waals surface area (Å²) in [5.41, 5.74) is 7.70. The third-order valence-corrected chi connectivity index (χ3v) is 3.10. The van der Waals surface area contributed by atoms with Gasteiger partial charge in [0.15, 0.2) is 0 Å². The van der Waals surface area contributed by atoms with Gasteiger partial charge in [-0.3, -0.25) is 0 Å². The molecule has 2 rings (SSSR count). The van der Waals surface area contributed by atoms with Crippen molar-refractivity contribution in [3.63, 3.8) is 0 Å². The zero-order valence-corrected chi connectivity index (χ0v) is 11.7. The fourth-order valence-electron chi connectivity index (χ4n) is 1.68. The van der Waals surface area contributed by atoms with E-state index in [-0.39, 0.29) is 6.10 Å². The molecule has 1 atom stereocenters. The highest BCUT2D eigenvalue weighted by Crippen LogP contribution is 2.25. The molecule has 0 aliphatic heterocycles. The Kier molecular flexibility index (Phi) is 4.33. The van der Waals surface area contributed by atoms with E-state index in [4.69, 9.17) is 10.5 Å². The van der Waals surface area contributed by atoms with Gasteiger partial charge >= 0.3 is 0 Å². The van der Waals surface area contributed by atoms with Crippen molar-refractivity contribution in [1.29, 1.82) is 0 Å². The van der Waals surface area contributed by atoms with Crippen molar-refractivity contribution in [3.05, 3.63) is 58.2 Å². The molecule has 2 N–H and O–H groups in total. The van der Waals surface area contributed by atoms with E-state index >= 15 is 0 Å². The lowest BCUT2D eigenvalue weighted by Crippen LogP contribution is -2.08. The van der Waals surface area contributed by atoms with Crippen LogP contribution in [-0.4, -0.2) is 4.98 Å². The minimum absolute atomic E-state index is 0.0508. The van der Waals surface area contributed by atoms with Gasteiger partial charge in [-0.25, -0.2) is 4.98 Å². The van der Waals surface area contributed by atoms with E-state index in [1.54, 1.807) is 6.20 Å². The maximum atomic E-state index is 5.87. The number of pyridine rings is 1.